The Bertz CT molecular complexity index is 1600. The standard InChI is InChI=1S/C29H37N7O3/c1-29(2,3)39-28(38)35-11-10-21(17-35)36-26-22-12-18(6-9-24(22)31-15-25(26)34(5)27(36)37)19-7-8-23(30-13-19)20-14-32-33(4)16-20/h6,9,12,14-16,19,21,23,30H,7-8,10-11,13,17H2,1-5H3. The monoisotopic (exact) mass is 531 g/mol. The van der Waals surface area contributed by atoms with Gasteiger partial charge in [0.15, 0.2) is 0 Å². The van der Waals surface area contributed by atoms with Gasteiger partial charge < -0.3 is 15.0 Å². The van der Waals surface area contributed by atoms with Crippen LogP contribution >= 0.6 is 0 Å². The quantitative estimate of drug-likeness (QED) is 0.429. The van der Waals surface area contributed by atoms with Crippen molar-refractivity contribution in [2.45, 2.75) is 63.6 Å². The molecule has 1 N–H and O–H groups in total. The number of hydrogen-bond acceptors (Lipinski definition) is 6. The molecule has 0 aliphatic carbocycles. The lowest BCUT2D eigenvalue weighted by atomic mass is 9.86. The van der Waals surface area contributed by atoms with E-state index in [0.29, 0.717) is 31.5 Å². The third-order valence-electron chi connectivity index (χ3n) is 8.13. The molecule has 1 aromatic carbocycles. The highest BCUT2D eigenvalue weighted by atomic mass is 16.6. The fourth-order valence-corrected chi connectivity index (χ4v) is 6.13. The number of pyridine rings is 1. The maximum Gasteiger partial charge on any atom is 0.410 e. The number of nitrogens with zero attached hydrogens (tertiary/aromatic N) is 6. The third-order valence-corrected chi connectivity index (χ3v) is 8.13. The molecule has 10 heteroatoms. The number of amides is 1. The summed E-state index contributed by atoms with van der Waals surface area (Å²) in [6, 6.07) is 6.65. The molecule has 2 saturated heterocycles. The van der Waals surface area contributed by atoms with E-state index in [1.54, 1.807) is 22.7 Å². The van der Waals surface area contributed by atoms with E-state index in [9.17, 15) is 9.59 Å². The summed E-state index contributed by atoms with van der Waals surface area (Å²) in [4.78, 5) is 32.7. The molecule has 3 unspecified atom stereocenters. The van der Waals surface area contributed by atoms with Crippen LogP contribution in [0, 0.1) is 0 Å². The van der Waals surface area contributed by atoms with Crippen LogP contribution in [0.1, 0.15) is 69.2 Å². The fraction of sp³-hybridized carbons (Fsp3) is 0.517. The van der Waals surface area contributed by atoms with Gasteiger partial charge in [-0.05, 0) is 63.6 Å². The van der Waals surface area contributed by atoms with Crippen molar-refractivity contribution >= 4 is 28.0 Å². The van der Waals surface area contributed by atoms with Gasteiger partial charge in [-0.2, -0.15) is 5.10 Å². The number of fused-ring (bicyclic) bond motifs is 3. The van der Waals surface area contributed by atoms with Gasteiger partial charge in [0.2, 0.25) is 0 Å². The summed E-state index contributed by atoms with van der Waals surface area (Å²) in [6.45, 7) is 7.48. The van der Waals surface area contributed by atoms with E-state index in [-0.39, 0.29) is 17.8 Å². The Morgan fingerprint density at radius 2 is 1.92 bits per heavy atom. The van der Waals surface area contributed by atoms with E-state index in [0.717, 1.165) is 41.3 Å². The van der Waals surface area contributed by atoms with Crippen molar-refractivity contribution in [3.05, 3.63) is 58.4 Å². The number of piperidine rings is 1. The maximum atomic E-state index is 13.5. The zero-order valence-electron chi connectivity index (χ0n) is 23.3. The van der Waals surface area contributed by atoms with Gasteiger partial charge >= 0.3 is 11.8 Å². The Hall–Kier alpha value is -3.66. The molecule has 4 aromatic rings. The summed E-state index contributed by atoms with van der Waals surface area (Å²) < 4.78 is 11.0. The minimum atomic E-state index is -0.560. The molecule has 0 spiro atoms. The Morgan fingerprint density at radius 3 is 2.62 bits per heavy atom. The van der Waals surface area contributed by atoms with Crippen LogP contribution in [-0.2, 0) is 18.8 Å². The lowest BCUT2D eigenvalue weighted by Crippen LogP contribution is -2.36. The maximum absolute atomic E-state index is 13.5. The molecule has 2 fully saturated rings. The van der Waals surface area contributed by atoms with E-state index in [2.05, 4.69) is 34.8 Å². The highest BCUT2D eigenvalue weighted by Gasteiger charge is 2.33. The van der Waals surface area contributed by atoms with Crippen molar-refractivity contribution in [3.8, 4) is 0 Å². The Labute approximate surface area is 227 Å². The highest BCUT2D eigenvalue weighted by molar-refractivity contribution is 6.02. The molecule has 3 aromatic heterocycles. The van der Waals surface area contributed by atoms with E-state index in [1.165, 1.54) is 11.1 Å². The molecule has 0 radical (unpaired) electrons. The Kier molecular flexibility index (Phi) is 6.25. The Balaban J connectivity index is 1.32. The second-order valence-corrected chi connectivity index (χ2v) is 12.0. The molecule has 6 rings (SSSR count). The number of ether oxygens (including phenoxy) is 1. The molecule has 2 aliphatic heterocycles. The summed E-state index contributed by atoms with van der Waals surface area (Å²) in [7, 11) is 3.74. The molecule has 5 heterocycles. The largest absolute Gasteiger partial charge is 0.444 e. The van der Waals surface area contributed by atoms with Crippen molar-refractivity contribution in [3.63, 3.8) is 0 Å². The average Bonchev–Trinajstić information content (AvgIpc) is 3.62. The van der Waals surface area contributed by atoms with Crippen LogP contribution in [0.5, 0.6) is 0 Å². The van der Waals surface area contributed by atoms with Gasteiger partial charge in [-0.25, -0.2) is 9.59 Å². The number of carbonyl (C=O) groups excluding carboxylic acids is 1. The number of aryl methyl sites for hydroxylation is 2. The number of hydrogen-bond donors (Lipinski definition) is 1. The average molecular weight is 532 g/mol. The molecular formula is C29H37N7O3. The van der Waals surface area contributed by atoms with Gasteiger partial charge in [0, 0.05) is 56.9 Å². The number of benzene rings is 1. The predicted octanol–water partition coefficient (Wildman–Crippen LogP) is 4.01. The van der Waals surface area contributed by atoms with E-state index in [4.69, 9.17) is 9.72 Å². The third kappa shape index (κ3) is 4.71. The molecule has 0 bridgehead atoms. The zero-order valence-corrected chi connectivity index (χ0v) is 23.3. The van der Waals surface area contributed by atoms with Crippen LogP contribution in [0.3, 0.4) is 0 Å². The van der Waals surface area contributed by atoms with Crippen LogP contribution in [0.4, 0.5) is 4.79 Å². The number of carbonyl (C=O) groups is 1. The first-order valence-corrected chi connectivity index (χ1v) is 13.8. The summed E-state index contributed by atoms with van der Waals surface area (Å²) in [6.07, 6.45) is 8.28. The molecule has 2 aliphatic rings. The lowest BCUT2D eigenvalue weighted by molar-refractivity contribution is 0.0289. The zero-order chi connectivity index (χ0) is 27.5. The van der Waals surface area contributed by atoms with Crippen molar-refractivity contribution < 1.29 is 9.53 Å². The SMILES string of the molecule is Cn1cc(C2CCC(c3ccc4ncc5c(c4c3)n(C3CCN(C(=O)OC(C)(C)C)C3)c(=O)n5C)CN2)cn1. The topological polar surface area (TPSA) is 99.2 Å². The first-order valence-electron chi connectivity index (χ1n) is 13.8. The van der Waals surface area contributed by atoms with Gasteiger partial charge in [0.1, 0.15) is 5.60 Å². The molecule has 10 nitrogen and oxygen atoms in total. The van der Waals surface area contributed by atoms with Crippen LogP contribution in [0.2, 0.25) is 0 Å². The van der Waals surface area contributed by atoms with Crippen LogP contribution < -0.4 is 11.0 Å². The predicted molar refractivity (Wildman–Crippen MR) is 150 cm³/mol. The molecule has 3 atom stereocenters. The van der Waals surface area contributed by atoms with Crippen molar-refractivity contribution in [1.82, 2.24) is 34.1 Å². The number of likely N-dealkylation sites (tertiary alicyclic amines) is 1. The van der Waals surface area contributed by atoms with E-state index in [1.807, 2.05) is 43.3 Å². The van der Waals surface area contributed by atoms with Crippen LogP contribution in [-0.4, -0.2) is 60.1 Å². The number of rotatable bonds is 3. The molecule has 206 valence electrons. The lowest BCUT2D eigenvalue weighted by Gasteiger charge is -2.30. The molecule has 1 amide bonds. The van der Waals surface area contributed by atoms with Gasteiger partial charge in [-0.3, -0.25) is 18.8 Å². The van der Waals surface area contributed by atoms with Crippen molar-refractivity contribution in [2.75, 3.05) is 19.6 Å². The normalized spacial score (nSPS) is 22.2. The van der Waals surface area contributed by atoms with Gasteiger partial charge in [-0.1, -0.05) is 6.07 Å². The summed E-state index contributed by atoms with van der Waals surface area (Å²) in [5, 5.41) is 9.01. The van der Waals surface area contributed by atoms with E-state index < -0.39 is 5.60 Å². The van der Waals surface area contributed by atoms with Gasteiger partial charge in [-0.15, -0.1) is 0 Å². The second kappa shape index (κ2) is 9.51. The first kappa shape index (κ1) is 25.6. The molecule has 39 heavy (non-hydrogen) atoms. The first-order chi connectivity index (χ1) is 18.6. The molecular weight excluding hydrogens is 494 g/mol. The fourth-order valence-electron chi connectivity index (χ4n) is 6.13. The smallest absolute Gasteiger partial charge is 0.410 e. The summed E-state index contributed by atoms with van der Waals surface area (Å²) >= 11 is 0. The number of nitrogens with one attached hydrogen (secondary N) is 1. The summed E-state index contributed by atoms with van der Waals surface area (Å²) in [5.41, 5.74) is 4.39. The van der Waals surface area contributed by atoms with Crippen LogP contribution in [0.15, 0.2) is 41.6 Å². The second-order valence-electron chi connectivity index (χ2n) is 12.0. The molecule has 0 saturated carbocycles. The van der Waals surface area contributed by atoms with Gasteiger partial charge in [0.05, 0.1) is 35.0 Å². The van der Waals surface area contributed by atoms with Crippen LogP contribution in [0.25, 0.3) is 21.9 Å². The van der Waals surface area contributed by atoms with Crippen molar-refractivity contribution in [2.24, 2.45) is 14.1 Å². The van der Waals surface area contributed by atoms with E-state index >= 15 is 0 Å². The summed E-state index contributed by atoms with van der Waals surface area (Å²) in [5.74, 6) is 0.371. The van der Waals surface area contributed by atoms with Gasteiger partial charge in [0.25, 0.3) is 0 Å². The minimum Gasteiger partial charge on any atom is -0.444 e. The minimum absolute atomic E-state index is 0.0839. The van der Waals surface area contributed by atoms with Crippen molar-refractivity contribution in [1.29, 1.82) is 0 Å². The highest BCUT2D eigenvalue weighted by Crippen LogP contribution is 2.35. The number of aromatic nitrogens is 5. The number of imidazole rings is 1. The Morgan fingerprint density at radius 1 is 1.10 bits per heavy atom.